The Bertz CT molecular complexity index is 2500. The highest BCUT2D eigenvalue weighted by Crippen LogP contribution is 2.52. The van der Waals surface area contributed by atoms with E-state index in [4.69, 9.17) is 39.9 Å². The summed E-state index contributed by atoms with van der Waals surface area (Å²) < 4.78 is 33.0. The SMILES string of the molecule is COc1cccc2c1C(=O)c1c(O)c3c(c(O)c1C2=O)C[C@@](O)(C(=O)CO)C[C@H]3OC1CC(NC(=O)CCCC(=O)NCCOCCOCC(=O)Oc2ccc(N)c(O)c2C(N)=O)[C@H](O)[C@H](C)O1. The maximum absolute atomic E-state index is 14.0. The number of phenols is 3. The van der Waals surface area contributed by atoms with Gasteiger partial charge in [0, 0.05) is 55.3 Å². The van der Waals surface area contributed by atoms with Gasteiger partial charge in [-0.15, -0.1) is 0 Å². The summed E-state index contributed by atoms with van der Waals surface area (Å²) in [4.78, 5) is 89.9. The number of rotatable bonds is 20. The second-order valence-corrected chi connectivity index (χ2v) is 16.3. The zero-order chi connectivity index (χ0) is 49.6. The lowest BCUT2D eigenvalue weighted by atomic mass is 9.72. The Kier molecular flexibility index (Phi) is 16.0. The van der Waals surface area contributed by atoms with Crippen molar-refractivity contribution in [1.82, 2.24) is 10.6 Å². The molecule has 3 aliphatic rings. The summed E-state index contributed by atoms with van der Waals surface area (Å²) in [5.41, 5.74) is 5.90. The van der Waals surface area contributed by atoms with Gasteiger partial charge in [0.1, 0.15) is 53.5 Å². The van der Waals surface area contributed by atoms with Crippen molar-refractivity contribution in [2.45, 2.75) is 81.7 Å². The zero-order valence-electron chi connectivity index (χ0n) is 36.9. The van der Waals surface area contributed by atoms with E-state index in [1.807, 2.05) is 0 Å². The van der Waals surface area contributed by atoms with Crippen molar-refractivity contribution in [2.75, 3.05) is 52.4 Å². The molecule has 366 valence electrons. The highest BCUT2D eigenvalue weighted by Gasteiger charge is 2.50. The Balaban J connectivity index is 0.986. The van der Waals surface area contributed by atoms with Crippen LogP contribution in [-0.4, -0.2) is 149 Å². The van der Waals surface area contributed by atoms with E-state index in [1.165, 1.54) is 44.4 Å². The molecule has 0 radical (unpaired) electrons. The summed E-state index contributed by atoms with van der Waals surface area (Å²) in [6.45, 7) is 0.0806. The molecule has 1 aliphatic heterocycles. The van der Waals surface area contributed by atoms with Crippen LogP contribution in [0, 0.1) is 0 Å². The standard InChI is InChI=1S/C45H52N4O19/c1-20-38(55)24(49-30(53)8-4-7-29(52)48-11-12-64-13-14-65-19-31(54)67-26-10-9-23(46)41(58)35(26)44(47)61)15-32(66-20)68-27-17-45(62,28(51)18-50)16-22-34(27)43(60)37-36(40(22)57)39(56)21-5-3-6-25(63-2)33(21)42(37)59/h3,5-6,9-10,20,24,27,32,38,50,55,57-58,60,62H,4,7-8,11-19,46H2,1-2H3,(H2,47,61)(H,48,52)(H,49,53)/t20-,24?,27+,32?,38+,45-/m0/s1. The number of fused-ring (bicyclic) bond motifs is 3. The first-order valence-corrected chi connectivity index (χ1v) is 21.4. The number of amides is 3. The second kappa shape index (κ2) is 21.5. The number of aliphatic hydroxyl groups excluding tert-OH is 2. The molecule has 23 heteroatoms. The third-order valence-electron chi connectivity index (χ3n) is 11.7. The van der Waals surface area contributed by atoms with Crippen LogP contribution in [0.4, 0.5) is 5.69 Å². The molecule has 23 nitrogen and oxygen atoms in total. The van der Waals surface area contributed by atoms with E-state index in [1.54, 1.807) is 0 Å². The molecule has 1 heterocycles. The first kappa shape index (κ1) is 50.7. The minimum absolute atomic E-state index is 0.0297. The number of hydrogen-bond donors (Lipinski definition) is 10. The van der Waals surface area contributed by atoms with Crippen molar-refractivity contribution in [1.29, 1.82) is 0 Å². The van der Waals surface area contributed by atoms with Gasteiger partial charge >= 0.3 is 5.97 Å². The van der Waals surface area contributed by atoms with Crippen molar-refractivity contribution < 1.29 is 92.6 Å². The lowest BCUT2D eigenvalue weighted by molar-refractivity contribution is -0.249. The number of carbonyl (C=O) groups is 7. The van der Waals surface area contributed by atoms with Crippen LogP contribution in [0.5, 0.6) is 28.7 Å². The van der Waals surface area contributed by atoms with Gasteiger partial charge in [-0.05, 0) is 31.5 Å². The molecule has 3 amide bonds. The van der Waals surface area contributed by atoms with Crippen molar-refractivity contribution in [3.05, 3.63) is 69.3 Å². The fourth-order valence-corrected chi connectivity index (χ4v) is 8.34. The average Bonchev–Trinajstić information content (AvgIpc) is 3.29. The minimum Gasteiger partial charge on any atom is -0.507 e. The fourth-order valence-electron chi connectivity index (χ4n) is 8.34. The van der Waals surface area contributed by atoms with E-state index in [2.05, 4.69) is 10.6 Å². The second-order valence-electron chi connectivity index (χ2n) is 16.3. The van der Waals surface area contributed by atoms with E-state index in [0.717, 1.165) is 0 Å². The van der Waals surface area contributed by atoms with Crippen LogP contribution in [0.3, 0.4) is 0 Å². The Morgan fingerprint density at radius 3 is 2.31 bits per heavy atom. The van der Waals surface area contributed by atoms with Crippen LogP contribution in [0.2, 0.25) is 0 Å². The maximum Gasteiger partial charge on any atom is 0.337 e. The first-order valence-electron chi connectivity index (χ1n) is 21.4. The normalized spacial score (nSPS) is 21.8. The number of aliphatic hydroxyl groups is 3. The first-order chi connectivity index (χ1) is 32.3. The molecule has 68 heavy (non-hydrogen) atoms. The molecule has 0 aromatic heterocycles. The van der Waals surface area contributed by atoms with Crippen molar-refractivity contribution in [3.63, 3.8) is 0 Å². The molecule has 0 saturated carbocycles. The van der Waals surface area contributed by atoms with Gasteiger partial charge in [0.15, 0.2) is 23.6 Å². The average molecular weight is 953 g/mol. The van der Waals surface area contributed by atoms with Crippen LogP contribution in [0.1, 0.15) is 98.5 Å². The van der Waals surface area contributed by atoms with Gasteiger partial charge < -0.3 is 81.2 Å². The quantitative estimate of drug-likeness (QED) is 0.0133. The third kappa shape index (κ3) is 10.7. The number of nitrogens with one attached hydrogen (secondary N) is 2. The number of hydrogen-bond acceptors (Lipinski definition) is 20. The molecule has 3 aromatic carbocycles. The number of carbonyl (C=O) groups excluding carboxylic acids is 7. The molecule has 6 rings (SSSR count). The van der Waals surface area contributed by atoms with Crippen LogP contribution < -0.4 is 31.6 Å². The number of anilines is 1. The monoisotopic (exact) mass is 952 g/mol. The van der Waals surface area contributed by atoms with Gasteiger partial charge in [-0.3, -0.25) is 28.8 Å². The van der Waals surface area contributed by atoms with E-state index in [9.17, 15) is 64.2 Å². The van der Waals surface area contributed by atoms with Crippen molar-refractivity contribution >= 4 is 46.7 Å². The predicted octanol–water partition coefficient (Wildman–Crippen LogP) is -0.529. The van der Waals surface area contributed by atoms with Crippen LogP contribution in [-0.2, 0) is 44.5 Å². The number of phenolic OH excluding ortho intramolecular Hbond substituents is 2. The lowest BCUT2D eigenvalue weighted by Crippen LogP contribution is -2.55. The third-order valence-corrected chi connectivity index (χ3v) is 11.7. The number of ether oxygens (including phenoxy) is 6. The van der Waals surface area contributed by atoms with Crippen LogP contribution in [0.15, 0.2) is 30.3 Å². The topological polar surface area (TPSA) is 372 Å². The Morgan fingerprint density at radius 1 is 0.897 bits per heavy atom. The summed E-state index contributed by atoms with van der Waals surface area (Å²) >= 11 is 0. The number of methoxy groups -OCH3 is 1. The Morgan fingerprint density at radius 2 is 1.60 bits per heavy atom. The largest absolute Gasteiger partial charge is 0.507 e. The number of benzene rings is 3. The summed E-state index contributed by atoms with van der Waals surface area (Å²) in [7, 11) is 1.29. The molecular formula is C45H52N4O19. The Hall–Kier alpha value is -6.73. The van der Waals surface area contributed by atoms with Crippen molar-refractivity contribution in [2.24, 2.45) is 5.73 Å². The number of primary amides is 1. The van der Waals surface area contributed by atoms with E-state index in [0.29, 0.717) is 0 Å². The van der Waals surface area contributed by atoms with Gasteiger partial charge in [0.05, 0.1) is 67.6 Å². The molecule has 6 atom stereocenters. The fraction of sp³-hybridized carbons (Fsp3) is 0.444. The molecular weight excluding hydrogens is 901 g/mol. The Labute approximate surface area is 387 Å². The van der Waals surface area contributed by atoms with E-state index in [-0.39, 0.29) is 97.4 Å². The van der Waals surface area contributed by atoms with Gasteiger partial charge in [-0.1, -0.05) is 12.1 Å². The predicted molar refractivity (Wildman–Crippen MR) is 231 cm³/mol. The summed E-state index contributed by atoms with van der Waals surface area (Å²) in [6, 6.07) is 5.69. The van der Waals surface area contributed by atoms with Crippen LogP contribution >= 0.6 is 0 Å². The number of nitrogens with two attached hydrogens (primary N) is 2. The number of esters is 1. The smallest absolute Gasteiger partial charge is 0.337 e. The van der Waals surface area contributed by atoms with Gasteiger partial charge in [-0.2, -0.15) is 0 Å². The number of ketones is 3. The van der Waals surface area contributed by atoms with E-state index < -0.39 is 131 Å². The highest BCUT2D eigenvalue weighted by atomic mass is 16.7. The maximum atomic E-state index is 14.0. The molecule has 0 spiro atoms. The molecule has 3 aromatic rings. The summed E-state index contributed by atoms with van der Waals surface area (Å²) in [5, 5.41) is 71.0. The highest BCUT2D eigenvalue weighted by molar-refractivity contribution is 6.31. The molecule has 0 bridgehead atoms. The molecule has 1 fully saturated rings. The molecule has 1 saturated heterocycles. The minimum atomic E-state index is -2.39. The number of Topliss-reactive ketones (excluding diaryl/α,β-unsaturated/α-hetero) is 1. The van der Waals surface area contributed by atoms with Crippen molar-refractivity contribution in [3.8, 4) is 28.7 Å². The van der Waals surface area contributed by atoms with E-state index >= 15 is 0 Å². The van der Waals surface area contributed by atoms with Gasteiger partial charge in [0.25, 0.3) is 5.91 Å². The number of nitrogen functional groups attached to an aromatic ring is 1. The van der Waals surface area contributed by atoms with Gasteiger partial charge in [0.2, 0.25) is 17.6 Å². The lowest BCUT2D eigenvalue weighted by Gasteiger charge is -2.43. The molecule has 2 unspecified atom stereocenters. The molecule has 12 N–H and O–H groups in total. The molecule has 2 aliphatic carbocycles. The van der Waals surface area contributed by atoms with Gasteiger partial charge in [-0.25, -0.2) is 4.79 Å². The zero-order valence-corrected chi connectivity index (χ0v) is 36.9. The summed E-state index contributed by atoms with van der Waals surface area (Å²) in [5.74, 6) is -8.02. The van der Waals surface area contributed by atoms with Crippen LogP contribution in [0.25, 0.3) is 0 Å². The number of aromatic hydroxyl groups is 3. The summed E-state index contributed by atoms with van der Waals surface area (Å²) in [6.07, 6.45) is -6.58.